The first-order chi connectivity index (χ1) is 14.0. The molecule has 0 saturated carbocycles. The van der Waals surface area contributed by atoms with Gasteiger partial charge in [0.25, 0.3) is 5.91 Å². The van der Waals surface area contributed by atoms with E-state index in [1.807, 2.05) is 0 Å². The zero-order valence-electron chi connectivity index (χ0n) is 15.7. The molecule has 1 fully saturated rings. The van der Waals surface area contributed by atoms with Gasteiger partial charge in [0.2, 0.25) is 5.91 Å². The molecule has 29 heavy (non-hydrogen) atoms. The number of furan rings is 1. The summed E-state index contributed by atoms with van der Waals surface area (Å²) >= 11 is 0. The number of carbonyl (C=O) groups is 3. The van der Waals surface area contributed by atoms with E-state index >= 15 is 0 Å². The molecular formula is C21H21N3O5. The predicted molar refractivity (Wildman–Crippen MR) is 106 cm³/mol. The fraction of sp³-hybridized carbons (Fsp3) is 0.286. The summed E-state index contributed by atoms with van der Waals surface area (Å²) in [6.45, 7) is 0.385. The lowest BCUT2D eigenvalue weighted by Crippen LogP contribution is -2.49. The number of benzene rings is 1. The van der Waals surface area contributed by atoms with Crippen LogP contribution < -0.4 is 5.32 Å². The van der Waals surface area contributed by atoms with Crippen LogP contribution in [0, 0.1) is 0 Å². The van der Waals surface area contributed by atoms with Crippen molar-refractivity contribution in [3.8, 4) is 0 Å². The number of rotatable bonds is 5. The zero-order chi connectivity index (χ0) is 20.4. The monoisotopic (exact) mass is 395 g/mol. The molecule has 2 N–H and O–H groups in total. The van der Waals surface area contributed by atoms with Crippen LogP contribution in [0.1, 0.15) is 29.8 Å². The maximum absolute atomic E-state index is 12.9. The molecule has 2 aromatic heterocycles. The van der Waals surface area contributed by atoms with Crippen LogP contribution in [0.2, 0.25) is 0 Å². The summed E-state index contributed by atoms with van der Waals surface area (Å²) in [5.74, 6) is -1.21. The Morgan fingerprint density at radius 3 is 2.79 bits per heavy atom. The lowest BCUT2D eigenvalue weighted by atomic mass is 10.0. The summed E-state index contributed by atoms with van der Waals surface area (Å²) in [5.41, 5.74) is 1.38. The quantitative estimate of drug-likeness (QED) is 0.691. The van der Waals surface area contributed by atoms with Crippen molar-refractivity contribution in [3.63, 3.8) is 0 Å². The lowest BCUT2D eigenvalue weighted by Gasteiger charge is -2.34. The van der Waals surface area contributed by atoms with E-state index < -0.39 is 12.0 Å². The molecule has 1 aromatic carbocycles. The van der Waals surface area contributed by atoms with E-state index in [9.17, 15) is 14.4 Å². The summed E-state index contributed by atoms with van der Waals surface area (Å²) in [7, 11) is 0. The van der Waals surface area contributed by atoms with E-state index in [-0.39, 0.29) is 24.1 Å². The van der Waals surface area contributed by atoms with Crippen LogP contribution in [0.5, 0.6) is 0 Å². The second-order valence-electron chi connectivity index (χ2n) is 7.09. The number of carboxylic acids is 1. The third-order valence-corrected chi connectivity index (χ3v) is 5.14. The van der Waals surface area contributed by atoms with Crippen molar-refractivity contribution in [3.05, 3.63) is 54.6 Å². The van der Waals surface area contributed by atoms with Crippen LogP contribution in [-0.2, 0) is 16.1 Å². The number of aromatic nitrogens is 1. The maximum Gasteiger partial charge on any atom is 0.323 e. The van der Waals surface area contributed by atoms with Gasteiger partial charge in [0.1, 0.15) is 12.6 Å². The van der Waals surface area contributed by atoms with Crippen LogP contribution in [0.3, 0.4) is 0 Å². The summed E-state index contributed by atoms with van der Waals surface area (Å²) in [5, 5.41) is 12.7. The Kier molecular flexibility index (Phi) is 5.07. The number of aliphatic carboxylic acids is 1. The molecule has 8 heteroatoms. The molecule has 1 atom stereocenters. The Morgan fingerprint density at radius 1 is 1.17 bits per heavy atom. The van der Waals surface area contributed by atoms with E-state index in [0.29, 0.717) is 18.7 Å². The molecule has 0 radical (unpaired) electrons. The lowest BCUT2D eigenvalue weighted by molar-refractivity contribution is -0.137. The normalized spacial score (nSPS) is 16.7. The van der Waals surface area contributed by atoms with Gasteiger partial charge >= 0.3 is 5.97 Å². The number of nitrogens with zero attached hydrogens (tertiary/aromatic N) is 2. The topological polar surface area (TPSA) is 105 Å². The molecule has 0 aliphatic carbocycles. The molecule has 0 bridgehead atoms. The molecule has 1 saturated heterocycles. The van der Waals surface area contributed by atoms with Gasteiger partial charge in [-0.1, -0.05) is 0 Å². The number of hydrogen-bond donors (Lipinski definition) is 2. The van der Waals surface area contributed by atoms with Crippen molar-refractivity contribution in [1.82, 2.24) is 9.47 Å². The van der Waals surface area contributed by atoms with E-state index in [0.717, 1.165) is 23.7 Å². The Balaban J connectivity index is 1.51. The second kappa shape index (κ2) is 7.83. The highest BCUT2D eigenvalue weighted by atomic mass is 16.4. The van der Waals surface area contributed by atoms with E-state index in [2.05, 4.69) is 5.32 Å². The summed E-state index contributed by atoms with van der Waals surface area (Å²) in [4.78, 5) is 38.1. The molecule has 1 aliphatic rings. The minimum Gasteiger partial charge on any atom is -0.480 e. The van der Waals surface area contributed by atoms with Gasteiger partial charge in [0, 0.05) is 29.3 Å². The Labute approximate surface area is 166 Å². The molecule has 3 heterocycles. The standard InChI is InChI=1S/C21H21N3O5/c25-19(26)13-23-10-8-14-12-15(6-7-16(14)23)22-20(27)17-4-1-2-9-24(17)21(28)18-5-3-11-29-18/h3,5-8,10-12,17H,1-2,4,9,13H2,(H,22,27)(H,25,26). The largest absolute Gasteiger partial charge is 0.480 e. The Morgan fingerprint density at radius 2 is 2.03 bits per heavy atom. The van der Waals surface area contributed by atoms with Crippen molar-refractivity contribution in [2.75, 3.05) is 11.9 Å². The van der Waals surface area contributed by atoms with Crippen molar-refractivity contribution < 1.29 is 23.9 Å². The summed E-state index contributed by atoms with van der Waals surface area (Å²) < 4.78 is 6.84. The smallest absolute Gasteiger partial charge is 0.323 e. The summed E-state index contributed by atoms with van der Waals surface area (Å²) in [6.07, 6.45) is 5.46. The number of fused-ring (bicyclic) bond motifs is 1. The maximum atomic E-state index is 12.9. The van der Waals surface area contributed by atoms with Gasteiger partial charge in [-0.15, -0.1) is 0 Å². The fourth-order valence-electron chi connectivity index (χ4n) is 3.78. The van der Waals surface area contributed by atoms with Crippen LogP contribution in [-0.4, -0.2) is 44.9 Å². The minimum atomic E-state index is -0.918. The van der Waals surface area contributed by atoms with Crippen LogP contribution in [0.15, 0.2) is 53.3 Å². The average Bonchev–Trinajstić information content (AvgIpc) is 3.37. The molecule has 2 amide bonds. The molecular weight excluding hydrogens is 374 g/mol. The van der Waals surface area contributed by atoms with E-state index in [1.54, 1.807) is 52.1 Å². The molecule has 4 rings (SSSR count). The van der Waals surface area contributed by atoms with Gasteiger partial charge < -0.3 is 24.3 Å². The van der Waals surface area contributed by atoms with Crippen molar-refractivity contribution in [2.45, 2.75) is 31.8 Å². The number of carbonyl (C=O) groups excluding carboxylic acids is 2. The fourth-order valence-corrected chi connectivity index (χ4v) is 3.78. The van der Waals surface area contributed by atoms with Crippen molar-refractivity contribution in [2.24, 2.45) is 0 Å². The van der Waals surface area contributed by atoms with Gasteiger partial charge in [0.05, 0.1) is 6.26 Å². The first-order valence-electron chi connectivity index (χ1n) is 9.49. The number of amides is 2. The molecule has 1 aliphatic heterocycles. The van der Waals surface area contributed by atoms with Crippen LogP contribution in [0.4, 0.5) is 5.69 Å². The van der Waals surface area contributed by atoms with Gasteiger partial charge in [-0.05, 0) is 55.7 Å². The van der Waals surface area contributed by atoms with Crippen molar-refractivity contribution >= 4 is 34.4 Å². The number of piperidine rings is 1. The number of anilines is 1. The Hall–Kier alpha value is -3.55. The molecule has 0 spiro atoms. The van der Waals surface area contributed by atoms with E-state index in [1.165, 1.54) is 6.26 Å². The van der Waals surface area contributed by atoms with Gasteiger partial charge in [0.15, 0.2) is 5.76 Å². The van der Waals surface area contributed by atoms with Gasteiger partial charge in [-0.3, -0.25) is 14.4 Å². The number of likely N-dealkylation sites (tertiary alicyclic amines) is 1. The molecule has 8 nitrogen and oxygen atoms in total. The highest BCUT2D eigenvalue weighted by Gasteiger charge is 2.33. The first kappa shape index (κ1) is 18.8. The number of nitrogens with one attached hydrogen (secondary N) is 1. The number of carboxylic acid groups (broad SMARTS) is 1. The molecule has 150 valence electrons. The number of hydrogen-bond acceptors (Lipinski definition) is 4. The Bertz CT molecular complexity index is 1050. The first-order valence-corrected chi connectivity index (χ1v) is 9.49. The average molecular weight is 395 g/mol. The van der Waals surface area contributed by atoms with E-state index in [4.69, 9.17) is 9.52 Å². The second-order valence-corrected chi connectivity index (χ2v) is 7.09. The van der Waals surface area contributed by atoms with Crippen molar-refractivity contribution in [1.29, 1.82) is 0 Å². The molecule has 1 unspecified atom stereocenters. The third-order valence-electron chi connectivity index (χ3n) is 5.14. The summed E-state index contributed by atoms with van der Waals surface area (Å²) in [6, 6.07) is 9.81. The van der Waals surface area contributed by atoms with Crippen LogP contribution in [0.25, 0.3) is 10.9 Å². The molecule has 3 aromatic rings. The predicted octanol–water partition coefficient (Wildman–Crippen LogP) is 2.95. The zero-order valence-corrected chi connectivity index (χ0v) is 15.7. The highest BCUT2D eigenvalue weighted by Crippen LogP contribution is 2.24. The van der Waals surface area contributed by atoms with Crippen LogP contribution >= 0.6 is 0 Å². The highest BCUT2D eigenvalue weighted by molar-refractivity contribution is 6.01. The van der Waals surface area contributed by atoms with Gasteiger partial charge in [-0.2, -0.15) is 0 Å². The third kappa shape index (κ3) is 3.87. The SMILES string of the molecule is O=C(O)Cn1ccc2cc(NC(=O)C3CCCCN3C(=O)c3ccco3)ccc21. The minimum absolute atomic E-state index is 0.124. The van der Waals surface area contributed by atoms with Gasteiger partial charge in [-0.25, -0.2) is 0 Å².